The third kappa shape index (κ3) is 4.69. The van der Waals surface area contributed by atoms with Crippen molar-refractivity contribution in [1.29, 1.82) is 0 Å². The smallest absolute Gasteiger partial charge is 0.222 e. The number of piperazine rings is 1. The zero-order valence-corrected chi connectivity index (χ0v) is 12.9. The van der Waals surface area contributed by atoms with E-state index in [9.17, 15) is 4.79 Å². The van der Waals surface area contributed by atoms with Gasteiger partial charge in [-0.3, -0.25) is 4.79 Å². The molecule has 112 valence electrons. The summed E-state index contributed by atoms with van der Waals surface area (Å²) in [5, 5.41) is 3.35. The number of carbonyl (C=O) groups is 1. The molecule has 5 heteroatoms. The van der Waals surface area contributed by atoms with Crippen molar-refractivity contribution in [3.8, 4) is 5.75 Å². The molecule has 1 aromatic rings. The average Bonchev–Trinajstić information content (AvgIpc) is 2.45. The standard InChI is InChI=1S/C15H22N2O2.ClH/c1-12-11-17(10-9-16-12)15(18)8-5-13-3-6-14(19-2)7-4-13;/h3-4,6-7,12,16H,5,8-11H2,1-2H3;1H. The van der Waals surface area contributed by atoms with Crippen LogP contribution in [-0.4, -0.2) is 43.6 Å². The molecule has 20 heavy (non-hydrogen) atoms. The summed E-state index contributed by atoms with van der Waals surface area (Å²) in [7, 11) is 1.66. The highest BCUT2D eigenvalue weighted by Gasteiger charge is 2.19. The number of nitrogens with zero attached hydrogens (tertiary/aromatic N) is 1. The predicted octanol–water partition coefficient (Wildman–Crippen LogP) is 1.87. The van der Waals surface area contributed by atoms with Gasteiger partial charge in [-0.15, -0.1) is 12.4 Å². The van der Waals surface area contributed by atoms with Gasteiger partial charge in [0.05, 0.1) is 7.11 Å². The van der Waals surface area contributed by atoms with Crippen LogP contribution in [0.25, 0.3) is 0 Å². The average molecular weight is 299 g/mol. The molecule has 1 atom stereocenters. The second-order valence-corrected chi connectivity index (χ2v) is 5.04. The molecular formula is C15H23ClN2O2. The van der Waals surface area contributed by atoms with Crippen LogP contribution < -0.4 is 10.1 Å². The van der Waals surface area contributed by atoms with Crippen LogP contribution >= 0.6 is 12.4 Å². The summed E-state index contributed by atoms with van der Waals surface area (Å²) in [5.74, 6) is 1.11. The maximum absolute atomic E-state index is 12.1. The molecule has 1 aromatic carbocycles. The Morgan fingerprint density at radius 3 is 2.70 bits per heavy atom. The Balaban J connectivity index is 0.00000200. The Morgan fingerprint density at radius 1 is 1.40 bits per heavy atom. The fraction of sp³-hybridized carbons (Fsp3) is 0.533. The van der Waals surface area contributed by atoms with E-state index in [2.05, 4.69) is 12.2 Å². The number of hydrogen-bond acceptors (Lipinski definition) is 3. The minimum absolute atomic E-state index is 0. The highest BCUT2D eigenvalue weighted by molar-refractivity contribution is 5.85. The lowest BCUT2D eigenvalue weighted by Crippen LogP contribution is -2.51. The van der Waals surface area contributed by atoms with Gasteiger partial charge in [-0.1, -0.05) is 12.1 Å². The molecular weight excluding hydrogens is 276 g/mol. The van der Waals surface area contributed by atoms with Gasteiger partial charge in [0.15, 0.2) is 0 Å². The SMILES string of the molecule is COc1ccc(CCC(=O)N2CCNC(C)C2)cc1.Cl. The highest BCUT2D eigenvalue weighted by Crippen LogP contribution is 2.13. The van der Waals surface area contributed by atoms with E-state index in [4.69, 9.17) is 4.74 Å². The van der Waals surface area contributed by atoms with E-state index in [0.717, 1.165) is 31.8 Å². The van der Waals surface area contributed by atoms with Crippen molar-refractivity contribution in [1.82, 2.24) is 10.2 Å². The molecule has 1 heterocycles. The number of hydrogen-bond donors (Lipinski definition) is 1. The van der Waals surface area contributed by atoms with Crippen LogP contribution in [0, 0.1) is 0 Å². The normalized spacial score (nSPS) is 18.3. The molecule has 2 rings (SSSR count). The summed E-state index contributed by atoms with van der Waals surface area (Å²) in [5.41, 5.74) is 1.18. The molecule has 1 aliphatic heterocycles. The van der Waals surface area contributed by atoms with Crippen molar-refractivity contribution in [3.05, 3.63) is 29.8 Å². The quantitative estimate of drug-likeness (QED) is 0.923. The summed E-state index contributed by atoms with van der Waals surface area (Å²) in [6.45, 7) is 4.66. The first-order chi connectivity index (χ1) is 9.19. The summed E-state index contributed by atoms with van der Waals surface area (Å²) >= 11 is 0. The van der Waals surface area contributed by atoms with E-state index in [0.29, 0.717) is 12.5 Å². The number of ether oxygens (including phenoxy) is 1. The van der Waals surface area contributed by atoms with Gasteiger partial charge in [0.2, 0.25) is 5.91 Å². The molecule has 0 saturated carbocycles. The van der Waals surface area contributed by atoms with E-state index in [1.165, 1.54) is 5.56 Å². The molecule has 0 aromatic heterocycles. The van der Waals surface area contributed by atoms with Gasteiger partial charge in [0.25, 0.3) is 0 Å². The van der Waals surface area contributed by atoms with Crippen LogP contribution in [0.5, 0.6) is 5.75 Å². The van der Waals surface area contributed by atoms with Gasteiger partial charge in [0.1, 0.15) is 5.75 Å². The largest absolute Gasteiger partial charge is 0.497 e. The lowest BCUT2D eigenvalue weighted by molar-refractivity contribution is -0.132. The lowest BCUT2D eigenvalue weighted by Gasteiger charge is -2.32. The molecule has 1 unspecified atom stereocenters. The van der Waals surface area contributed by atoms with Crippen LogP contribution in [0.4, 0.5) is 0 Å². The van der Waals surface area contributed by atoms with Crippen LogP contribution in [0.3, 0.4) is 0 Å². The first-order valence-corrected chi connectivity index (χ1v) is 6.83. The Bertz CT molecular complexity index is 422. The second-order valence-electron chi connectivity index (χ2n) is 5.04. The van der Waals surface area contributed by atoms with E-state index in [-0.39, 0.29) is 18.3 Å². The zero-order chi connectivity index (χ0) is 13.7. The maximum atomic E-state index is 12.1. The fourth-order valence-corrected chi connectivity index (χ4v) is 2.36. The molecule has 1 N–H and O–H groups in total. The molecule has 0 radical (unpaired) electrons. The molecule has 1 saturated heterocycles. The molecule has 1 amide bonds. The van der Waals surface area contributed by atoms with Crippen LogP contribution in [0.1, 0.15) is 18.9 Å². The van der Waals surface area contributed by atoms with Gasteiger partial charge >= 0.3 is 0 Å². The van der Waals surface area contributed by atoms with E-state index in [1.54, 1.807) is 7.11 Å². The molecule has 4 nitrogen and oxygen atoms in total. The second kappa shape index (κ2) is 8.12. The first kappa shape index (κ1) is 16.8. The molecule has 1 fully saturated rings. The molecule has 1 aliphatic rings. The van der Waals surface area contributed by atoms with Crippen molar-refractivity contribution in [2.24, 2.45) is 0 Å². The summed E-state index contributed by atoms with van der Waals surface area (Å²) < 4.78 is 5.12. The number of benzene rings is 1. The van der Waals surface area contributed by atoms with Crippen molar-refractivity contribution >= 4 is 18.3 Å². The number of rotatable bonds is 4. The number of halogens is 1. The number of aryl methyl sites for hydroxylation is 1. The number of amides is 1. The number of methoxy groups -OCH3 is 1. The molecule has 0 bridgehead atoms. The van der Waals surface area contributed by atoms with E-state index < -0.39 is 0 Å². The van der Waals surface area contributed by atoms with Crippen molar-refractivity contribution in [2.75, 3.05) is 26.7 Å². The Hall–Kier alpha value is -1.26. The molecule has 0 aliphatic carbocycles. The Morgan fingerprint density at radius 2 is 2.10 bits per heavy atom. The lowest BCUT2D eigenvalue weighted by atomic mass is 10.1. The van der Waals surface area contributed by atoms with Gasteiger partial charge in [-0.2, -0.15) is 0 Å². The van der Waals surface area contributed by atoms with Crippen LogP contribution in [0.15, 0.2) is 24.3 Å². The van der Waals surface area contributed by atoms with Crippen LogP contribution in [-0.2, 0) is 11.2 Å². The maximum Gasteiger partial charge on any atom is 0.222 e. The zero-order valence-electron chi connectivity index (χ0n) is 12.1. The molecule has 0 spiro atoms. The minimum Gasteiger partial charge on any atom is -0.497 e. The third-order valence-electron chi connectivity index (χ3n) is 3.51. The predicted molar refractivity (Wildman–Crippen MR) is 82.6 cm³/mol. The Labute approximate surface area is 126 Å². The fourth-order valence-electron chi connectivity index (χ4n) is 2.36. The van der Waals surface area contributed by atoms with Crippen LogP contribution in [0.2, 0.25) is 0 Å². The first-order valence-electron chi connectivity index (χ1n) is 6.83. The summed E-state index contributed by atoms with van der Waals surface area (Å²) in [6, 6.07) is 8.32. The van der Waals surface area contributed by atoms with Gasteiger partial charge in [0, 0.05) is 32.1 Å². The van der Waals surface area contributed by atoms with Gasteiger partial charge < -0.3 is 15.0 Å². The summed E-state index contributed by atoms with van der Waals surface area (Å²) in [4.78, 5) is 14.1. The summed E-state index contributed by atoms with van der Waals surface area (Å²) in [6.07, 6.45) is 1.38. The highest BCUT2D eigenvalue weighted by atomic mass is 35.5. The van der Waals surface area contributed by atoms with Gasteiger partial charge in [-0.05, 0) is 31.0 Å². The number of carbonyl (C=O) groups excluding carboxylic acids is 1. The third-order valence-corrected chi connectivity index (χ3v) is 3.51. The minimum atomic E-state index is 0. The number of nitrogens with one attached hydrogen (secondary N) is 1. The topological polar surface area (TPSA) is 41.6 Å². The van der Waals surface area contributed by atoms with Crippen molar-refractivity contribution in [3.63, 3.8) is 0 Å². The monoisotopic (exact) mass is 298 g/mol. The van der Waals surface area contributed by atoms with E-state index >= 15 is 0 Å². The van der Waals surface area contributed by atoms with Crippen molar-refractivity contribution in [2.45, 2.75) is 25.8 Å². The van der Waals surface area contributed by atoms with Crippen molar-refractivity contribution < 1.29 is 9.53 Å². The van der Waals surface area contributed by atoms with Gasteiger partial charge in [-0.25, -0.2) is 0 Å². The van der Waals surface area contributed by atoms with E-state index in [1.807, 2.05) is 29.2 Å². The Kier molecular flexibility index (Phi) is 6.82.